The van der Waals surface area contributed by atoms with Crippen LogP contribution < -0.4 is 10.9 Å². The SMILES string of the molecule is N#Cc1nc2cccc3c2n1B1c2c-3cccc2-n2c3ccccc3c3c(-n4c5ccccc5c5ccccc54)ccc1c32. The summed E-state index contributed by atoms with van der Waals surface area (Å²) in [6, 6.07) is 46.0. The molecule has 0 saturated heterocycles. The standard InChI is InChI=1S/C38H20BN5/c40-21-34-41-28-14-7-13-25-24-12-8-18-33-36(24)39(44(34)37(25)28)27-19-20-32(35-26-11-3-6-17-31(26)43(33)38(27)35)42-29-15-4-1-9-22(29)23-10-2-5-16-30(23)42/h1-20H. The van der Waals surface area contributed by atoms with Gasteiger partial charge in [-0.15, -0.1) is 0 Å². The maximum Gasteiger partial charge on any atom is 0.335 e. The number of fused-ring (bicyclic) bond motifs is 10. The van der Waals surface area contributed by atoms with Gasteiger partial charge < -0.3 is 13.6 Å². The van der Waals surface area contributed by atoms with Gasteiger partial charge in [-0.2, -0.15) is 5.26 Å². The highest BCUT2D eigenvalue weighted by atomic mass is 15.1. The zero-order chi connectivity index (χ0) is 28.7. The average Bonchev–Trinajstić information content (AvgIpc) is 3.74. The van der Waals surface area contributed by atoms with Crippen LogP contribution in [0.4, 0.5) is 0 Å². The van der Waals surface area contributed by atoms with E-state index in [1.165, 1.54) is 60.1 Å². The van der Waals surface area contributed by atoms with Crippen molar-refractivity contribution in [3.05, 3.63) is 127 Å². The minimum absolute atomic E-state index is 0.165. The minimum atomic E-state index is -0.165. The van der Waals surface area contributed by atoms with Gasteiger partial charge in [0, 0.05) is 32.8 Å². The van der Waals surface area contributed by atoms with Gasteiger partial charge in [-0.3, -0.25) is 0 Å². The molecule has 0 N–H and O–H groups in total. The van der Waals surface area contributed by atoms with Crippen molar-refractivity contribution in [3.8, 4) is 28.6 Å². The summed E-state index contributed by atoms with van der Waals surface area (Å²) in [6.07, 6.45) is 0. The highest BCUT2D eigenvalue weighted by Crippen LogP contribution is 2.43. The quantitative estimate of drug-likeness (QED) is 0.203. The van der Waals surface area contributed by atoms with Crippen molar-refractivity contribution in [2.45, 2.75) is 0 Å². The van der Waals surface area contributed by atoms with E-state index in [1.807, 2.05) is 12.1 Å². The summed E-state index contributed by atoms with van der Waals surface area (Å²) in [6.45, 7) is -0.165. The Bertz CT molecular complexity index is 2750. The number of hydrogen-bond acceptors (Lipinski definition) is 2. The molecule has 6 heteroatoms. The number of hydrogen-bond donors (Lipinski definition) is 0. The number of imidazole rings is 1. The Morgan fingerprint density at radius 2 is 1.23 bits per heavy atom. The van der Waals surface area contributed by atoms with Crippen molar-refractivity contribution < 1.29 is 0 Å². The lowest BCUT2D eigenvalue weighted by molar-refractivity contribution is 1.12. The van der Waals surface area contributed by atoms with Crippen molar-refractivity contribution in [3.63, 3.8) is 0 Å². The van der Waals surface area contributed by atoms with Gasteiger partial charge in [-0.05, 0) is 52.9 Å². The topological polar surface area (TPSA) is 51.5 Å². The number of aromatic nitrogens is 4. The fraction of sp³-hybridized carbons (Fsp3) is 0. The van der Waals surface area contributed by atoms with Crippen molar-refractivity contribution in [1.29, 1.82) is 5.26 Å². The normalized spacial score (nSPS) is 12.9. The highest BCUT2D eigenvalue weighted by Gasteiger charge is 2.42. The number of benzene rings is 6. The minimum Gasteiger partial charge on any atom is -0.350 e. The summed E-state index contributed by atoms with van der Waals surface area (Å²) in [5.41, 5.74) is 13.7. The van der Waals surface area contributed by atoms with Gasteiger partial charge in [0.1, 0.15) is 6.07 Å². The number of rotatable bonds is 1. The second-order valence-corrected chi connectivity index (χ2v) is 11.9. The number of nitrogens with zero attached hydrogens (tertiary/aromatic N) is 5. The molecule has 44 heavy (non-hydrogen) atoms. The smallest absolute Gasteiger partial charge is 0.335 e. The van der Waals surface area contributed by atoms with Gasteiger partial charge in [0.2, 0.25) is 5.82 Å². The molecule has 6 aromatic carbocycles. The Morgan fingerprint density at radius 3 is 1.98 bits per heavy atom. The predicted octanol–water partition coefficient (Wildman–Crippen LogP) is 7.05. The van der Waals surface area contributed by atoms with Gasteiger partial charge >= 0.3 is 6.85 Å². The van der Waals surface area contributed by atoms with Crippen LogP contribution in [0.5, 0.6) is 0 Å². The van der Waals surface area contributed by atoms with E-state index in [0.29, 0.717) is 5.82 Å². The molecule has 9 aromatic rings. The summed E-state index contributed by atoms with van der Waals surface area (Å²) in [5.74, 6) is 0.446. The van der Waals surface area contributed by atoms with Crippen LogP contribution >= 0.6 is 0 Å². The first kappa shape index (κ1) is 22.5. The zero-order valence-electron chi connectivity index (χ0n) is 23.4. The maximum absolute atomic E-state index is 10.3. The third-order valence-electron chi connectivity index (χ3n) is 9.90. The zero-order valence-corrected chi connectivity index (χ0v) is 23.4. The van der Waals surface area contributed by atoms with E-state index in [4.69, 9.17) is 4.98 Å². The predicted molar refractivity (Wildman–Crippen MR) is 179 cm³/mol. The summed E-state index contributed by atoms with van der Waals surface area (Å²) in [7, 11) is 0. The molecule has 0 saturated carbocycles. The first-order valence-corrected chi connectivity index (χ1v) is 14.9. The van der Waals surface area contributed by atoms with Crippen LogP contribution in [0.1, 0.15) is 5.82 Å². The molecule has 2 aliphatic heterocycles. The molecule has 11 rings (SSSR count). The van der Waals surface area contributed by atoms with E-state index >= 15 is 0 Å². The molecular weight excluding hydrogens is 537 g/mol. The first-order chi connectivity index (χ1) is 21.8. The van der Waals surface area contributed by atoms with Crippen molar-refractivity contribution in [1.82, 2.24) is 18.6 Å². The molecule has 0 radical (unpaired) electrons. The Hall–Kier alpha value is -6.06. The van der Waals surface area contributed by atoms with Crippen molar-refractivity contribution in [2.24, 2.45) is 0 Å². The number of para-hydroxylation sites is 4. The van der Waals surface area contributed by atoms with Gasteiger partial charge in [-0.25, -0.2) is 4.98 Å². The van der Waals surface area contributed by atoms with Crippen LogP contribution in [-0.4, -0.2) is 25.4 Å². The lowest BCUT2D eigenvalue weighted by Crippen LogP contribution is -2.55. The molecule has 200 valence electrons. The largest absolute Gasteiger partial charge is 0.350 e. The number of nitriles is 1. The van der Waals surface area contributed by atoms with Crippen LogP contribution in [0.2, 0.25) is 0 Å². The summed E-state index contributed by atoms with van der Waals surface area (Å²) >= 11 is 0. The summed E-state index contributed by atoms with van der Waals surface area (Å²) in [5, 5.41) is 15.3. The van der Waals surface area contributed by atoms with E-state index < -0.39 is 0 Å². The van der Waals surface area contributed by atoms with E-state index in [9.17, 15) is 5.26 Å². The molecular formula is C38H20BN5. The molecule has 0 fully saturated rings. The molecule has 3 aromatic heterocycles. The van der Waals surface area contributed by atoms with Gasteiger partial charge in [0.15, 0.2) is 0 Å². The Kier molecular flexibility index (Phi) is 3.92. The second-order valence-electron chi connectivity index (χ2n) is 11.9. The fourth-order valence-corrected chi connectivity index (χ4v) is 8.33. The third-order valence-corrected chi connectivity index (χ3v) is 9.90. The molecule has 5 nitrogen and oxygen atoms in total. The Labute approximate surface area is 251 Å². The highest BCUT2D eigenvalue weighted by molar-refractivity contribution is 6.89. The van der Waals surface area contributed by atoms with E-state index in [0.717, 1.165) is 28.0 Å². The molecule has 0 bridgehead atoms. The fourth-order valence-electron chi connectivity index (χ4n) is 8.33. The summed E-state index contributed by atoms with van der Waals surface area (Å²) < 4.78 is 7.08. The van der Waals surface area contributed by atoms with Crippen LogP contribution in [0.15, 0.2) is 121 Å². The molecule has 0 aliphatic carbocycles. The van der Waals surface area contributed by atoms with Crippen LogP contribution in [0, 0.1) is 11.3 Å². The molecule has 0 unspecified atom stereocenters. The van der Waals surface area contributed by atoms with Crippen molar-refractivity contribution in [2.75, 3.05) is 0 Å². The van der Waals surface area contributed by atoms with Gasteiger partial charge in [0.05, 0.1) is 38.8 Å². The van der Waals surface area contributed by atoms with E-state index in [1.54, 1.807) is 0 Å². The monoisotopic (exact) mass is 557 g/mol. The first-order valence-electron chi connectivity index (χ1n) is 14.9. The van der Waals surface area contributed by atoms with Gasteiger partial charge in [-0.1, -0.05) is 84.9 Å². The molecule has 2 aliphatic rings. The summed E-state index contributed by atoms with van der Waals surface area (Å²) in [4.78, 5) is 4.82. The van der Waals surface area contributed by atoms with Crippen LogP contribution in [0.25, 0.3) is 77.1 Å². The third kappa shape index (κ3) is 2.45. The van der Waals surface area contributed by atoms with Gasteiger partial charge in [0.25, 0.3) is 0 Å². The molecule has 0 amide bonds. The van der Waals surface area contributed by atoms with Crippen molar-refractivity contribution >= 4 is 72.4 Å². The second kappa shape index (κ2) is 7.66. The lowest BCUT2D eigenvalue weighted by Gasteiger charge is -2.33. The van der Waals surface area contributed by atoms with E-state index in [2.05, 4.69) is 129 Å². The molecule has 5 heterocycles. The molecule has 0 atom stereocenters. The Morgan fingerprint density at radius 1 is 0.568 bits per heavy atom. The Balaban J connectivity index is 1.37. The maximum atomic E-state index is 10.3. The lowest BCUT2D eigenvalue weighted by atomic mass is 9.45. The van der Waals surface area contributed by atoms with E-state index in [-0.39, 0.29) is 6.85 Å². The van der Waals surface area contributed by atoms with Crippen LogP contribution in [-0.2, 0) is 0 Å². The van der Waals surface area contributed by atoms with Crippen LogP contribution in [0.3, 0.4) is 0 Å². The average molecular weight is 557 g/mol. The molecule has 0 spiro atoms.